The highest BCUT2D eigenvalue weighted by atomic mass is 19.1. The highest BCUT2D eigenvalue weighted by Gasteiger charge is 2.18. The van der Waals surface area contributed by atoms with Gasteiger partial charge in [0.15, 0.2) is 0 Å². The predicted molar refractivity (Wildman–Crippen MR) is 101 cm³/mol. The number of hydrogen-bond donors (Lipinski definition) is 0. The molecule has 3 nitrogen and oxygen atoms in total. The Balaban J connectivity index is 1.88. The van der Waals surface area contributed by atoms with Gasteiger partial charge in [-0.2, -0.15) is 0 Å². The first-order valence-electron chi connectivity index (χ1n) is 8.48. The number of aromatic nitrogens is 3. The second-order valence-electron chi connectivity index (χ2n) is 6.28. The average molecular weight is 357 g/mol. The molecular weight excluding hydrogens is 344 g/mol. The molecule has 0 fully saturated rings. The van der Waals surface area contributed by atoms with Crippen molar-refractivity contribution in [2.24, 2.45) is 0 Å². The lowest BCUT2D eigenvalue weighted by Gasteiger charge is -2.06. The summed E-state index contributed by atoms with van der Waals surface area (Å²) in [6, 6.07) is 20.2. The Labute approximate surface area is 153 Å². The monoisotopic (exact) mass is 357 g/mol. The van der Waals surface area contributed by atoms with Crippen LogP contribution in [0, 0.1) is 11.6 Å². The van der Waals surface area contributed by atoms with Crippen LogP contribution in [0.1, 0.15) is 0 Å². The minimum absolute atomic E-state index is 0.306. The van der Waals surface area contributed by atoms with Gasteiger partial charge in [-0.05, 0) is 60.7 Å². The van der Waals surface area contributed by atoms with Gasteiger partial charge < -0.3 is 0 Å². The number of hydrogen-bond acceptors (Lipinski definition) is 2. The summed E-state index contributed by atoms with van der Waals surface area (Å²) >= 11 is 0. The first-order chi connectivity index (χ1) is 13.2. The molecule has 0 saturated carbocycles. The molecule has 0 bridgehead atoms. The average Bonchev–Trinajstić information content (AvgIpc) is 3.09. The summed E-state index contributed by atoms with van der Waals surface area (Å²) in [6.45, 7) is 0. The van der Waals surface area contributed by atoms with Crippen LogP contribution < -0.4 is 0 Å². The number of nitrogens with zero attached hydrogens (tertiary/aromatic N) is 3. The standard InChI is InChI=1S/C22H13F2N3/c23-16-9-5-14(6-10-16)20-21(15-7-11-17(24)12-8-15)27-13-25-19-4-2-1-3-18(19)22(27)26-20/h1-13H. The van der Waals surface area contributed by atoms with Gasteiger partial charge in [-0.1, -0.05) is 12.1 Å². The van der Waals surface area contributed by atoms with E-state index in [9.17, 15) is 8.78 Å². The van der Waals surface area contributed by atoms with Gasteiger partial charge in [0, 0.05) is 16.5 Å². The Bertz CT molecular complexity index is 1270. The molecule has 0 atom stereocenters. The molecule has 0 spiro atoms. The van der Waals surface area contributed by atoms with Crippen LogP contribution in [0.5, 0.6) is 0 Å². The summed E-state index contributed by atoms with van der Waals surface area (Å²) in [5, 5.41) is 0.914. The molecule has 5 aromatic rings. The van der Waals surface area contributed by atoms with Gasteiger partial charge in [0.05, 0.1) is 16.9 Å². The molecule has 0 aliphatic rings. The van der Waals surface area contributed by atoms with E-state index in [0.29, 0.717) is 5.69 Å². The van der Waals surface area contributed by atoms with Crippen molar-refractivity contribution >= 4 is 16.6 Å². The normalized spacial score (nSPS) is 11.3. The van der Waals surface area contributed by atoms with E-state index in [1.54, 1.807) is 30.6 Å². The van der Waals surface area contributed by atoms with Crippen molar-refractivity contribution in [1.82, 2.24) is 14.4 Å². The molecule has 3 aromatic carbocycles. The van der Waals surface area contributed by atoms with Gasteiger partial charge in [-0.15, -0.1) is 0 Å². The first kappa shape index (κ1) is 15.6. The third-order valence-corrected chi connectivity index (χ3v) is 4.60. The number of benzene rings is 3. The highest BCUT2D eigenvalue weighted by Crippen LogP contribution is 2.34. The SMILES string of the molecule is Fc1ccc(-c2nc3c4ccccc4ncn3c2-c2ccc(F)cc2)cc1. The maximum atomic E-state index is 13.4. The van der Waals surface area contributed by atoms with Crippen LogP contribution in [0.25, 0.3) is 39.1 Å². The van der Waals surface area contributed by atoms with Crippen LogP contribution in [0.2, 0.25) is 0 Å². The van der Waals surface area contributed by atoms with Crippen LogP contribution in [-0.4, -0.2) is 14.4 Å². The zero-order valence-corrected chi connectivity index (χ0v) is 14.1. The summed E-state index contributed by atoms with van der Waals surface area (Å²) < 4.78 is 28.7. The van der Waals surface area contributed by atoms with Gasteiger partial charge >= 0.3 is 0 Å². The van der Waals surface area contributed by atoms with Crippen molar-refractivity contribution in [3.8, 4) is 22.5 Å². The predicted octanol–water partition coefficient (Wildman–Crippen LogP) is 5.49. The van der Waals surface area contributed by atoms with Gasteiger partial charge in [0.2, 0.25) is 0 Å². The lowest BCUT2D eigenvalue weighted by atomic mass is 10.0. The largest absolute Gasteiger partial charge is 0.282 e. The van der Waals surface area contributed by atoms with Crippen molar-refractivity contribution < 1.29 is 8.78 Å². The zero-order chi connectivity index (χ0) is 18.4. The molecular formula is C22H13F2N3. The van der Waals surface area contributed by atoms with Crippen molar-refractivity contribution in [2.45, 2.75) is 0 Å². The topological polar surface area (TPSA) is 30.2 Å². The molecule has 27 heavy (non-hydrogen) atoms. The molecule has 5 rings (SSSR count). The summed E-state index contributed by atoms with van der Waals surface area (Å²) in [5.74, 6) is -0.613. The third kappa shape index (κ3) is 2.56. The maximum absolute atomic E-state index is 13.4. The zero-order valence-electron chi connectivity index (χ0n) is 14.1. The Morgan fingerprint density at radius 2 is 1.33 bits per heavy atom. The Morgan fingerprint density at radius 3 is 2.04 bits per heavy atom. The second-order valence-corrected chi connectivity index (χ2v) is 6.28. The first-order valence-corrected chi connectivity index (χ1v) is 8.48. The second kappa shape index (κ2) is 5.99. The van der Waals surface area contributed by atoms with Gasteiger partial charge in [-0.3, -0.25) is 4.40 Å². The molecule has 0 amide bonds. The lowest BCUT2D eigenvalue weighted by molar-refractivity contribution is 0.627. The maximum Gasteiger partial charge on any atom is 0.148 e. The quantitative estimate of drug-likeness (QED) is 0.418. The summed E-state index contributed by atoms with van der Waals surface area (Å²) in [5.41, 5.74) is 4.66. The number of fused-ring (bicyclic) bond motifs is 3. The molecule has 5 heteroatoms. The van der Waals surface area contributed by atoms with Crippen molar-refractivity contribution in [2.75, 3.05) is 0 Å². The van der Waals surface area contributed by atoms with E-state index in [0.717, 1.165) is 33.4 Å². The summed E-state index contributed by atoms with van der Waals surface area (Å²) in [6.07, 6.45) is 1.72. The Hall–Kier alpha value is -3.60. The molecule has 0 unspecified atom stereocenters. The molecule has 0 aliphatic carbocycles. The minimum Gasteiger partial charge on any atom is -0.282 e. The number of imidazole rings is 1. The molecule has 0 radical (unpaired) electrons. The Morgan fingerprint density at radius 1 is 0.704 bits per heavy atom. The van der Waals surface area contributed by atoms with E-state index < -0.39 is 0 Å². The number of para-hydroxylation sites is 1. The van der Waals surface area contributed by atoms with Crippen molar-refractivity contribution in [3.05, 3.63) is 90.8 Å². The molecule has 2 aromatic heterocycles. The number of halogens is 2. The van der Waals surface area contributed by atoms with Crippen LogP contribution in [0.3, 0.4) is 0 Å². The van der Waals surface area contributed by atoms with Crippen LogP contribution in [-0.2, 0) is 0 Å². The van der Waals surface area contributed by atoms with Crippen LogP contribution in [0.4, 0.5) is 8.78 Å². The third-order valence-electron chi connectivity index (χ3n) is 4.60. The fourth-order valence-electron chi connectivity index (χ4n) is 3.32. The molecule has 2 heterocycles. The van der Waals surface area contributed by atoms with Gasteiger partial charge in [-0.25, -0.2) is 18.7 Å². The van der Waals surface area contributed by atoms with E-state index in [-0.39, 0.29) is 11.6 Å². The molecule has 0 aliphatic heterocycles. The number of rotatable bonds is 2. The van der Waals surface area contributed by atoms with Gasteiger partial charge in [0.1, 0.15) is 23.6 Å². The molecule has 130 valence electrons. The summed E-state index contributed by atoms with van der Waals surface area (Å²) in [4.78, 5) is 9.37. The van der Waals surface area contributed by atoms with Gasteiger partial charge in [0.25, 0.3) is 0 Å². The fraction of sp³-hybridized carbons (Fsp3) is 0. The molecule has 0 saturated heterocycles. The van der Waals surface area contributed by atoms with Crippen molar-refractivity contribution in [1.29, 1.82) is 0 Å². The lowest BCUT2D eigenvalue weighted by Crippen LogP contribution is -1.93. The van der Waals surface area contributed by atoms with E-state index in [1.165, 1.54) is 24.3 Å². The summed E-state index contributed by atoms with van der Waals surface area (Å²) in [7, 11) is 0. The Kier molecular flexibility index (Phi) is 3.47. The smallest absolute Gasteiger partial charge is 0.148 e. The van der Waals surface area contributed by atoms with Crippen molar-refractivity contribution in [3.63, 3.8) is 0 Å². The van der Waals surface area contributed by atoms with E-state index >= 15 is 0 Å². The highest BCUT2D eigenvalue weighted by molar-refractivity contribution is 5.95. The van der Waals surface area contributed by atoms with Crippen LogP contribution in [0.15, 0.2) is 79.1 Å². The fourth-order valence-corrected chi connectivity index (χ4v) is 3.32. The molecule has 0 N–H and O–H groups in total. The van der Waals surface area contributed by atoms with Crippen LogP contribution >= 0.6 is 0 Å². The van der Waals surface area contributed by atoms with E-state index in [2.05, 4.69) is 4.98 Å². The van der Waals surface area contributed by atoms with E-state index in [1.807, 2.05) is 28.7 Å². The minimum atomic E-state index is -0.307. The van der Waals surface area contributed by atoms with E-state index in [4.69, 9.17) is 4.98 Å².